The van der Waals surface area contributed by atoms with Crippen LogP contribution in [0.3, 0.4) is 0 Å². The summed E-state index contributed by atoms with van der Waals surface area (Å²) >= 11 is 6.18. The zero-order valence-electron chi connectivity index (χ0n) is 14.2. The van der Waals surface area contributed by atoms with Crippen LogP contribution in [0.5, 0.6) is 0 Å². The Morgan fingerprint density at radius 1 is 1.20 bits per heavy atom. The first-order valence-electron chi connectivity index (χ1n) is 8.53. The van der Waals surface area contributed by atoms with Crippen molar-refractivity contribution in [3.05, 3.63) is 28.8 Å². The van der Waals surface area contributed by atoms with Gasteiger partial charge in [-0.25, -0.2) is 9.97 Å². The molecule has 0 aromatic carbocycles. The number of aromatic nitrogens is 4. The summed E-state index contributed by atoms with van der Waals surface area (Å²) < 4.78 is 10.3. The van der Waals surface area contributed by atoms with Crippen molar-refractivity contribution in [3.63, 3.8) is 0 Å². The fourth-order valence-electron chi connectivity index (χ4n) is 2.98. The lowest BCUT2D eigenvalue weighted by Crippen LogP contribution is -2.46. The molecule has 9 heteroatoms. The van der Waals surface area contributed by atoms with Gasteiger partial charge >= 0.3 is 0 Å². The molecule has 1 saturated carbocycles. The van der Waals surface area contributed by atoms with Gasteiger partial charge in [0.05, 0.1) is 6.54 Å². The fourth-order valence-corrected chi connectivity index (χ4v) is 3.16. The van der Waals surface area contributed by atoms with Crippen LogP contribution >= 0.6 is 11.6 Å². The van der Waals surface area contributed by atoms with Gasteiger partial charge < -0.3 is 14.2 Å². The number of hydrogen-bond acceptors (Lipinski definition) is 8. The normalized spacial score (nSPS) is 18.7. The summed E-state index contributed by atoms with van der Waals surface area (Å²) in [5, 5.41) is 4.43. The highest BCUT2D eigenvalue weighted by Gasteiger charge is 2.28. The number of methoxy groups -OCH3 is 1. The maximum Gasteiger partial charge on any atom is 0.240 e. The Morgan fingerprint density at radius 3 is 2.72 bits per heavy atom. The number of ether oxygens (including phenoxy) is 1. The number of rotatable bonds is 6. The zero-order valence-corrected chi connectivity index (χ0v) is 14.9. The lowest BCUT2D eigenvalue weighted by molar-refractivity contribution is 0.174. The average Bonchev–Trinajstić information content (AvgIpc) is 3.37. The van der Waals surface area contributed by atoms with Crippen LogP contribution in [0, 0.1) is 0 Å². The van der Waals surface area contributed by atoms with E-state index < -0.39 is 0 Å². The minimum absolute atomic E-state index is 0.370. The van der Waals surface area contributed by atoms with E-state index >= 15 is 0 Å². The molecular formula is C16H21ClN6O2. The standard InChI is InChI=1S/C16H21ClN6O2/c1-24-10-13-19-15(25-21-13)9-22-4-6-23(7-5-22)14-8-12(17)18-16(20-14)11-2-3-11/h8,11H,2-7,9-10H2,1H3. The van der Waals surface area contributed by atoms with E-state index in [1.54, 1.807) is 7.11 Å². The lowest BCUT2D eigenvalue weighted by Gasteiger charge is -2.34. The molecule has 8 nitrogen and oxygen atoms in total. The monoisotopic (exact) mass is 364 g/mol. The van der Waals surface area contributed by atoms with Crippen molar-refractivity contribution in [2.45, 2.75) is 31.9 Å². The molecule has 0 amide bonds. The van der Waals surface area contributed by atoms with Gasteiger partial charge in [0.2, 0.25) is 5.89 Å². The molecule has 1 saturated heterocycles. The molecule has 0 radical (unpaired) electrons. The third kappa shape index (κ3) is 4.08. The first kappa shape index (κ1) is 16.7. The van der Waals surface area contributed by atoms with Crippen LogP contribution in [-0.2, 0) is 17.9 Å². The molecule has 0 atom stereocenters. The Kier molecular flexibility index (Phi) is 4.82. The molecule has 2 fully saturated rings. The summed E-state index contributed by atoms with van der Waals surface area (Å²) in [5.41, 5.74) is 0. The predicted octanol–water partition coefficient (Wildman–Crippen LogP) is 1.86. The van der Waals surface area contributed by atoms with Crippen LogP contribution in [0.2, 0.25) is 5.15 Å². The van der Waals surface area contributed by atoms with Gasteiger partial charge in [-0.1, -0.05) is 16.8 Å². The minimum Gasteiger partial charge on any atom is -0.377 e. The highest BCUT2D eigenvalue weighted by atomic mass is 35.5. The second-order valence-electron chi connectivity index (χ2n) is 6.48. The SMILES string of the molecule is COCc1noc(CN2CCN(c3cc(Cl)nc(C4CC4)n3)CC2)n1. The second kappa shape index (κ2) is 7.23. The van der Waals surface area contributed by atoms with Crippen molar-refractivity contribution in [3.8, 4) is 0 Å². The Balaban J connectivity index is 1.34. The number of halogens is 1. The third-order valence-electron chi connectivity index (χ3n) is 4.48. The topological polar surface area (TPSA) is 80.4 Å². The van der Waals surface area contributed by atoms with E-state index in [1.165, 1.54) is 12.8 Å². The summed E-state index contributed by atoms with van der Waals surface area (Å²) in [6.45, 7) is 4.61. The van der Waals surface area contributed by atoms with Crippen molar-refractivity contribution in [2.75, 3.05) is 38.2 Å². The molecule has 25 heavy (non-hydrogen) atoms. The average molecular weight is 365 g/mol. The number of piperazine rings is 1. The lowest BCUT2D eigenvalue weighted by atomic mass is 10.3. The summed E-state index contributed by atoms with van der Waals surface area (Å²) in [4.78, 5) is 18.0. The molecular weight excluding hydrogens is 344 g/mol. The first-order valence-corrected chi connectivity index (χ1v) is 8.91. The van der Waals surface area contributed by atoms with E-state index in [0.29, 0.717) is 35.9 Å². The predicted molar refractivity (Wildman–Crippen MR) is 91.5 cm³/mol. The van der Waals surface area contributed by atoms with Gasteiger partial charge in [0, 0.05) is 45.3 Å². The van der Waals surface area contributed by atoms with Gasteiger partial charge in [-0.05, 0) is 12.8 Å². The highest BCUT2D eigenvalue weighted by Crippen LogP contribution is 2.39. The number of anilines is 1. The van der Waals surface area contributed by atoms with Crippen molar-refractivity contribution in [1.82, 2.24) is 25.0 Å². The molecule has 0 bridgehead atoms. The molecule has 134 valence electrons. The van der Waals surface area contributed by atoms with Gasteiger partial charge in [0.25, 0.3) is 0 Å². The van der Waals surface area contributed by atoms with Crippen LogP contribution < -0.4 is 4.90 Å². The molecule has 1 aliphatic heterocycles. The molecule has 3 heterocycles. The molecule has 2 aromatic heterocycles. The van der Waals surface area contributed by atoms with Gasteiger partial charge in [0.1, 0.15) is 23.4 Å². The van der Waals surface area contributed by atoms with E-state index in [9.17, 15) is 0 Å². The Labute approximate surface area is 151 Å². The van der Waals surface area contributed by atoms with Crippen LogP contribution in [-0.4, -0.2) is 58.3 Å². The molecule has 0 unspecified atom stereocenters. The molecule has 2 aliphatic rings. The van der Waals surface area contributed by atoms with Gasteiger partial charge in [-0.2, -0.15) is 4.98 Å². The molecule has 2 aromatic rings. The van der Waals surface area contributed by atoms with E-state index in [-0.39, 0.29) is 0 Å². The Hall–Kier alpha value is -1.77. The molecule has 4 rings (SSSR count). The largest absolute Gasteiger partial charge is 0.377 e. The molecule has 0 N–H and O–H groups in total. The van der Waals surface area contributed by atoms with Crippen molar-refractivity contribution >= 4 is 17.4 Å². The van der Waals surface area contributed by atoms with Gasteiger partial charge in [-0.3, -0.25) is 4.90 Å². The van der Waals surface area contributed by atoms with Gasteiger partial charge in [0.15, 0.2) is 5.82 Å². The zero-order chi connectivity index (χ0) is 17.2. The van der Waals surface area contributed by atoms with E-state index in [0.717, 1.165) is 37.8 Å². The smallest absolute Gasteiger partial charge is 0.240 e. The Morgan fingerprint density at radius 2 is 2.00 bits per heavy atom. The molecule has 0 spiro atoms. The van der Waals surface area contributed by atoms with Crippen LogP contribution in [0.1, 0.15) is 36.3 Å². The maximum absolute atomic E-state index is 6.18. The first-order chi connectivity index (χ1) is 12.2. The summed E-state index contributed by atoms with van der Waals surface area (Å²) in [6.07, 6.45) is 2.34. The summed E-state index contributed by atoms with van der Waals surface area (Å²) in [7, 11) is 1.61. The van der Waals surface area contributed by atoms with E-state index in [1.807, 2.05) is 6.07 Å². The highest BCUT2D eigenvalue weighted by molar-refractivity contribution is 6.29. The Bertz CT molecular complexity index is 727. The minimum atomic E-state index is 0.370. The molecule has 1 aliphatic carbocycles. The number of nitrogens with zero attached hydrogens (tertiary/aromatic N) is 6. The quantitative estimate of drug-likeness (QED) is 0.718. The van der Waals surface area contributed by atoms with Crippen LogP contribution in [0.25, 0.3) is 0 Å². The summed E-state index contributed by atoms with van der Waals surface area (Å²) in [5.74, 6) is 3.53. The van der Waals surface area contributed by atoms with Crippen molar-refractivity contribution in [2.24, 2.45) is 0 Å². The number of hydrogen-bond donors (Lipinski definition) is 0. The van der Waals surface area contributed by atoms with Crippen molar-refractivity contribution < 1.29 is 9.26 Å². The maximum atomic E-state index is 6.18. The fraction of sp³-hybridized carbons (Fsp3) is 0.625. The van der Waals surface area contributed by atoms with E-state index in [4.69, 9.17) is 25.8 Å². The van der Waals surface area contributed by atoms with Crippen LogP contribution in [0.4, 0.5) is 5.82 Å². The summed E-state index contributed by atoms with van der Waals surface area (Å²) in [6, 6.07) is 1.86. The van der Waals surface area contributed by atoms with Gasteiger partial charge in [-0.15, -0.1) is 0 Å². The second-order valence-corrected chi connectivity index (χ2v) is 6.87. The van der Waals surface area contributed by atoms with Crippen LogP contribution in [0.15, 0.2) is 10.6 Å². The van der Waals surface area contributed by atoms with E-state index in [2.05, 4.69) is 24.9 Å². The van der Waals surface area contributed by atoms with Crippen molar-refractivity contribution in [1.29, 1.82) is 0 Å². The third-order valence-corrected chi connectivity index (χ3v) is 4.67.